The van der Waals surface area contributed by atoms with Gasteiger partial charge in [-0.25, -0.2) is 14.4 Å². The highest BCUT2D eigenvalue weighted by Gasteiger charge is 2.39. The zero-order valence-electron chi connectivity index (χ0n) is 26.8. The highest BCUT2D eigenvalue weighted by molar-refractivity contribution is 6.03. The van der Waals surface area contributed by atoms with Crippen LogP contribution in [0.2, 0.25) is 0 Å². The monoisotopic (exact) mass is 698 g/mol. The molecule has 3 saturated heterocycles. The maximum atomic E-state index is 13.3. The van der Waals surface area contributed by atoms with Crippen LogP contribution in [0.1, 0.15) is 100 Å². The molecule has 3 aliphatic heterocycles. The van der Waals surface area contributed by atoms with E-state index in [4.69, 9.17) is 14.5 Å². The van der Waals surface area contributed by atoms with Gasteiger partial charge >= 0.3 is 17.9 Å². The number of carbonyl (C=O) groups excluding carboxylic acids is 11. The Kier molecular flexibility index (Phi) is 12.2. The third kappa shape index (κ3) is 9.86. The second-order valence-corrected chi connectivity index (χ2v) is 11.8. The zero-order chi connectivity index (χ0) is 36.4. The maximum absolute atomic E-state index is 13.3. The zero-order valence-corrected chi connectivity index (χ0v) is 26.8. The van der Waals surface area contributed by atoms with Crippen molar-refractivity contribution >= 4 is 65.0 Å². The van der Waals surface area contributed by atoms with Gasteiger partial charge in [0.1, 0.15) is 0 Å². The highest BCUT2D eigenvalue weighted by Crippen LogP contribution is 2.29. The summed E-state index contributed by atoms with van der Waals surface area (Å²) >= 11 is 0. The number of hydroxylamine groups is 6. The van der Waals surface area contributed by atoms with Crippen molar-refractivity contribution in [3.63, 3.8) is 0 Å². The topological polar surface area (TPSA) is 237 Å². The van der Waals surface area contributed by atoms with Crippen LogP contribution in [0.4, 0.5) is 0 Å². The van der Waals surface area contributed by atoms with Crippen LogP contribution >= 0.6 is 0 Å². The van der Waals surface area contributed by atoms with Gasteiger partial charge in [0, 0.05) is 62.5 Å². The molecule has 50 heavy (non-hydrogen) atoms. The van der Waals surface area contributed by atoms with Gasteiger partial charge in [0.2, 0.25) is 5.91 Å². The summed E-state index contributed by atoms with van der Waals surface area (Å²) in [7, 11) is 0. The molecule has 0 aliphatic carbocycles. The third-order valence-electron chi connectivity index (χ3n) is 8.10. The number of ketones is 1. The molecule has 266 valence electrons. The first-order valence-electron chi connectivity index (χ1n) is 15.9. The van der Waals surface area contributed by atoms with Crippen LogP contribution in [0.3, 0.4) is 0 Å². The fourth-order valence-corrected chi connectivity index (χ4v) is 5.36. The number of amides is 7. The summed E-state index contributed by atoms with van der Waals surface area (Å²) in [5.74, 6) is -8.76. The van der Waals surface area contributed by atoms with Crippen LogP contribution in [0.25, 0.3) is 0 Å². The largest absolute Gasteiger partial charge is 0.351 e. The smallest absolute Gasteiger partial charge is 0.333 e. The first-order chi connectivity index (χ1) is 23.8. The number of Topliss-reactive ketones (excluding diaryl/α,β-unsaturated/α-hetero) is 1. The summed E-state index contributed by atoms with van der Waals surface area (Å²) in [6.45, 7) is 0. The van der Waals surface area contributed by atoms with E-state index < -0.39 is 84.1 Å². The molecule has 1 aromatic rings. The van der Waals surface area contributed by atoms with Crippen LogP contribution in [-0.2, 0) is 62.5 Å². The minimum Gasteiger partial charge on any atom is -0.351 e. The molecule has 0 bridgehead atoms. The lowest BCUT2D eigenvalue weighted by molar-refractivity contribution is -0.198. The first kappa shape index (κ1) is 37.0. The average Bonchev–Trinajstić information content (AvgIpc) is 3.71. The van der Waals surface area contributed by atoms with Crippen LogP contribution in [-0.4, -0.2) is 85.8 Å². The molecule has 7 amide bonds. The summed E-state index contributed by atoms with van der Waals surface area (Å²) in [6, 6.07) is 8.13. The molecule has 0 atom stereocenters. The van der Waals surface area contributed by atoms with Gasteiger partial charge in [-0.05, 0) is 19.3 Å². The Labute approximate surface area is 284 Å². The van der Waals surface area contributed by atoms with Crippen molar-refractivity contribution in [2.75, 3.05) is 0 Å². The second-order valence-electron chi connectivity index (χ2n) is 11.8. The van der Waals surface area contributed by atoms with Gasteiger partial charge in [-0.2, -0.15) is 0 Å². The Hall–Kier alpha value is -5.81. The van der Waals surface area contributed by atoms with Gasteiger partial charge in [0.25, 0.3) is 35.4 Å². The second kappa shape index (κ2) is 16.5. The molecule has 0 aromatic heterocycles. The number of nitrogens with zero attached hydrogens (tertiary/aromatic N) is 3. The summed E-state index contributed by atoms with van der Waals surface area (Å²) in [6.07, 6.45) is -4.42. The minimum absolute atomic E-state index is 0.165. The molecule has 0 radical (unpaired) electrons. The molecule has 4 rings (SSSR count). The Bertz CT molecular complexity index is 1430. The quantitative estimate of drug-likeness (QED) is 0.174. The summed E-state index contributed by atoms with van der Waals surface area (Å²) in [5.41, 5.74) is -1.32. The van der Waals surface area contributed by atoms with Gasteiger partial charge in [-0.3, -0.25) is 38.4 Å². The molecular weight excluding hydrogens is 664 g/mol. The molecule has 3 heterocycles. The Morgan fingerprint density at radius 2 is 0.860 bits per heavy atom. The van der Waals surface area contributed by atoms with Crippen molar-refractivity contribution in [2.45, 2.75) is 95.4 Å². The van der Waals surface area contributed by atoms with Crippen molar-refractivity contribution in [1.82, 2.24) is 20.5 Å². The van der Waals surface area contributed by atoms with Crippen molar-refractivity contribution in [3.05, 3.63) is 35.9 Å². The van der Waals surface area contributed by atoms with E-state index in [2.05, 4.69) is 5.32 Å². The van der Waals surface area contributed by atoms with Gasteiger partial charge in [0.15, 0.2) is 5.78 Å². The van der Waals surface area contributed by atoms with E-state index in [1.165, 1.54) is 0 Å². The van der Waals surface area contributed by atoms with E-state index in [1.54, 1.807) is 30.3 Å². The lowest BCUT2D eigenvalue weighted by atomic mass is 9.83. The summed E-state index contributed by atoms with van der Waals surface area (Å²) in [5, 5.41) is 3.64. The third-order valence-corrected chi connectivity index (χ3v) is 8.10. The van der Waals surface area contributed by atoms with Crippen LogP contribution in [0.5, 0.6) is 0 Å². The van der Waals surface area contributed by atoms with E-state index in [0.717, 1.165) is 0 Å². The number of carbonyl (C=O) groups is 11. The Balaban J connectivity index is 1.53. The lowest BCUT2D eigenvalue weighted by Gasteiger charge is -2.35. The molecular formula is C32H34N4O14. The molecule has 3 fully saturated rings. The molecule has 1 aromatic carbocycles. The Morgan fingerprint density at radius 3 is 1.20 bits per heavy atom. The highest BCUT2D eigenvalue weighted by atomic mass is 16.7. The number of nitrogens with one attached hydrogen (secondary N) is 1. The van der Waals surface area contributed by atoms with Crippen LogP contribution < -0.4 is 5.32 Å². The first-order valence-corrected chi connectivity index (χ1v) is 15.9. The predicted octanol–water partition coefficient (Wildman–Crippen LogP) is 0.667. The standard InChI is InChI=1S/C32H34N4O14/c37-21(20-4-2-1-3-5-20)6-7-22(38)33-32(17-14-29(45)48-34-23(39)8-9-24(34)40,18-15-30(46)49-35-25(41)10-11-26(35)42)19-16-31(47)50-36-27(43)12-13-28(36)44/h1-5H,6-19H2,(H,33,38). The number of hydrogen-bond acceptors (Lipinski definition) is 14. The number of benzene rings is 1. The van der Waals surface area contributed by atoms with Crippen molar-refractivity contribution < 1.29 is 67.3 Å². The van der Waals surface area contributed by atoms with E-state index in [0.29, 0.717) is 20.8 Å². The van der Waals surface area contributed by atoms with Gasteiger partial charge in [0.05, 0.1) is 19.3 Å². The molecule has 1 N–H and O–H groups in total. The fraction of sp³-hybridized carbons (Fsp3) is 0.469. The normalized spacial score (nSPS) is 16.3. The minimum atomic E-state index is -1.67. The number of rotatable bonds is 17. The summed E-state index contributed by atoms with van der Waals surface area (Å²) in [4.78, 5) is 151. The molecule has 18 heteroatoms. The molecule has 0 saturated carbocycles. The molecule has 18 nitrogen and oxygen atoms in total. The van der Waals surface area contributed by atoms with Crippen molar-refractivity contribution in [2.24, 2.45) is 0 Å². The molecule has 0 unspecified atom stereocenters. The molecule has 0 spiro atoms. The maximum Gasteiger partial charge on any atom is 0.333 e. The number of imide groups is 3. The van der Waals surface area contributed by atoms with Gasteiger partial charge < -0.3 is 19.8 Å². The Morgan fingerprint density at radius 1 is 0.520 bits per heavy atom. The predicted molar refractivity (Wildman–Crippen MR) is 160 cm³/mol. The van der Waals surface area contributed by atoms with Crippen LogP contribution in [0, 0.1) is 0 Å². The van der Waals surface area contributed by atoms with E-state index in [1.807, 2.05) is 0 Å². The SMILES string of the molecule is O=C(CCC(=O)c1ccccc1)NC(CCC(=O)ON1C(=O)CCC1=O)(CCC(=O)ON1C(=O)CCC1=O)CCC(=O)ON1C(=O)CCC1=O. The van der Waals surface area contributed by atoms with Crippen molar-refractivity contribution in [1.29, 1.82) is 0 Å². The van der Waals surface area contributed by atoms with Crippen molar-refractivity contribution in [3.8, 4) is 0 Å². The average molecular weight is 699 g/mol. The van der Waals surface area contributed by atoms with Gasteiger partial charge in [-0.15, -0.1) is 15.2 Å². The number of hydrogen-bond donors (Lipinski definition) is 1. The lowest BCUT2D eigenvalue weighted by Crippen LogP contribution is -2.50. The van der Waals surface area contributed by atoms with Crippen LogP contribution in [0.15, 0.2) is 30.3 Å². The van der Waals surface area contributed by atoms with Gasteiger partial charge in [-0.1, -0.05) is 30.3 Å². The molecule has 3 aliphatic rings. The summed E-state index contributed by atoms with van der Waals surface area (Å²) < 4.78 is 0. The van der Waals surface area contributed by atoms with E-state index in [9.17, 15) is 52.7 Å². The van der Waals surface area contributed by atoms with E-state index >= 15 is 0 Å². The van der Waals surface area contributed by atoms with E-state index in [-0.39, 0.29) is 76.4 Å². The fourth-order valence-electron chi connectivity index (χ4n) is 5.36.